The van der Waals surface area contributed by atoms with E-state index in [1.807, 2.05) is 22.9 Å². The summed E-state index contributed by atoms with van der Waals surface area (Å²) in [5, 5.41) is 12.3. The van der Waals surface area contributed by atoms with Crippen molar-refractivity contribution < 1.29 is 0 Å². The highest BCUT2D eigenvalue weighted by Gasteiger charge is 2.25. The van der Waals surface area contributed by atoms with Crippen LogP contribution in [0.3, 0.4) is 0 Å². The van der Waals surface area contributed by atoms with Crippen molar-refractivity contribution in [2.45, 2.75) is 45.1 Å². The Bertz CT molecular complexity index is 598. The van der Waals surface area contributed by atoms with Gasteiger partial charge >= 0.3 is 0 Å². The SMILES string of the molecule is CC(C1CCCCC1)n1nnnc1-c1cc(N)cc(Br)c1. The fourth-order valence-corrected chi connectivity index (χ4v) is 3.73. The van der Waals surface area contributed by atoms with E-state index >= 15 is 0 Å². The standard InChI is InChI=1S/C15H20BrN5/c1-10(11-5-3-2-4-6-11)21-15(18-19-20-21)12-7-13(16)9-14(17)8-12/h7-11H,2-6,17H2,1H3. The first kappa shape index (κ1) is 14.5. The van der Waals surface area contributed by atoms with Crippen LogP contribution in [0.4, 0.5) is 5.69 Å². The number of halogens is 1. The molecule has 0 amide bonds. The third-order valence-corrected chi connectivity index (χ3v) is 4.85. The van der Waals surface area contributed by atoms with Crippen molar-refractivity contribution in [1.82, 2.24) is 20.2 Å². The highest BCUT2D eigenvalue weighted by atomic mass is 79.9. The van der Waals surface area contributed by atoms with Crippen molar-refractivity contribution in [3.05, 3.63) is 22.7 Å². The monoisotopic (exact) mass is 349 g/mol. The molecule has 1 unspecified atom stereocenters. The average molecular weight is 350 g/mol. The smallest absolute Gasteiger partial charge is 0.182 e. The lowest BCUT2D eigenvalue weighted by Gasteiger charge is -2.27. The molecule has 1 heterocycles. The Balaban J connectivity index is 1.92. The molecule has 1 fully saturated rings. The molecule has 1 atom stereocenters. The second-order valence-corrected chi connectivity index (χ2v) is 6.77. The Kier molecular flexibility index (Phi) is 4.24. The van der Waals surface area contributed by atoms with E-state index in [-0.39, 0.29) is 0 Å². The Hall–Kier alpha value is -1.43. The number of nitrogens with zero attached hydrogens (tertiary/aromatic N) is 4. The van der Waals surface area contributed by atoms with Crippen molar-refractivity contribution >= 4 is 21.6 Å². The van der Waals surface area contributed by atoms with E-state index in [9.17, 15) is 0 Å². The molecular formula is C15H20BrN5. The van der Waals surface area contributed by atoms with Crippen LogP contribution in [0.1, 0.15) is 45.1 Å². The Morgan fingerprint density at radius 2 is 2.00 bits per heavy atom. The van der Waals surface area contributed by atoms with Gasteiger partial charge in [-0.3, -0.25) is 0 Å². The molecule has 2 aromatic rings. The van der Waals surface area contributed by atoms with Gasteiger partial charge in [0.05, 0.1) is 6.04 Å². The van der Waals surface area contributed by atoms with Crippen LogP contribution in [-0.4, -0.2) is 20.2 Å². The molecule has 3 rings (SSSR count). The van der Waals surface area contributed by atoms with Gasteiger partial charge in [-0.1, -0.05) is 35.2 Å². The zero-order valence-corrected chi connectivity index (χ0v) is 13.8. The molecule has 0 saturated heterocycles. The molecule has 0 bridgehead atoms. The molecule has 112 valence electrons. The maximum Gasteiger partial charge on any atom is 0.182 e. The Morgan fingerprint density at radius 3 is 2.71 bits per heavy atom. The van der Waals surface area contributed by atoms with Gasteiger partial charge in [0.15, 0.2) is 5.82 Å². The fraction of sp³-hybridized carbons (Fsp3) is 0.533. The second kappa shape index (κ2) is 6.13. The largest absolute Gasteiger partial charge is 0.399 e. The minimum Gasteiger partial charge on any atom is -0.399 e. The van der Waals surface area contributed by atoms with Gasteiger partial charge in [-0.05, 0) is 54.3 Å². The summed E-state index contributed by atoms with van der Waals surface area (Å²) in [6, 6.07) is 6.12. The van der Waals surface area contributed by atoms with Crippen LogP contribution in [-0.2, 0) is 0 Å². The van der Waals surface area contributed by atoms with Crippen LogP contribution in [0.25, 0.3) is 11.4 Å². The molecule has 0 radical (unpaired) electrons. The highest BCUT2D eigenvalue weighted by molar-refractivity contribution is 9.10. The van der Waals surface area contributed by atoms with Gasteiger partial charge < -0.3 is 5.73 Å². The number of hydrogen-bond donors (Lipinski definition) is 1. The first-order valence-corrected chi connectivity index (χ1v) is 8.29. The second-order valence-electron chi connectivity index (χ2n) is 5.86. The lowest BCUT2D eigenvalue weighted by molar-refractivity contribution is 0.249. The highest BCUT2D eigenvalue weighted by Crippen LogP contribution is 2.34. The van der Waals surface area contributed by atoms with Gasteiger partial charge in [-0.25, -0.2) is 4.68 Å². The predicted octanol–water partition coefficient (Wildman–Crippen LogP) is 3.83. The lowest BCUT2D eigenvalue weighted by Crippen LogP contribution is -2.21. The summed E-state index contributed by atoms with van der Waals surface area (Å²) in [5.74, 6) is 1.45. The minimum atomic E-state index is 0.315. The summed E-state index contributed by atoms with van der Waals surface area (Å²) in [5.41, 5.74) is 7.59. The molecule has 6 heteroatoms. The molecule has 5 nitrogen and oxygen atoms in total. The third-order valence-electron chi connectivity index (χ3n) is 4.39. The first-order chi connectivity index (χ1) is 10.1. The van der Waals surface area contributed by atoms with Gasteiger partial charge in [0.1, 0.15) is 0 Å². The summed E-state index contributed by atoms with van der Waals surface area (Å²) < 4.78 is 2.90. The minimum absolute atomic E-state index is 0.315. The average Bonchev–Trinajstić information content (AvgIpc) is 2.96. The summed E-state index contributed by atoms with van der Waals surface area (Å²) >= 11 is 3.48. The normalized spacial score (nSPS) is 17.8. The van der Waals surface area contributed by atoms with Crippen LogP contribution >= 0.6 is 15.9 Å². The number of hydrogen-bond acceptors (Lipinski definition) is 4. The molecular weight excluding hydrogens is 330 g/mol. The van der Waals surface area contributed by atoms with Gasteiger partial charge in [-0.2, -0.15) is 0 Å². The van der Waals surface area contributed by atoms with Gasteiger partial charge in [0, 0.05) is 15.7 Å². The number of nitrogens with two attached hydrogens (primary N) is 1. The maximum atomic E-state index is 5.93. The molecule has 1 aromatic carbocycles. The Labute approximate surface area is 133 Å². The zero-order valence-electron chi connectivity index (χ0n) is 12.2. The van der Waals surface area contributed by atoms with Crippen molar-refractivity contribution in [2.75, 3.05) is 5.73 Å². The Morgan fingerprint density at radius 1 is 1.24 bits per heavy atom. The quantitative estimate of drug-likeness (QED) is 0.855. The fourth-order valence-electron chi connectivity index (χ4n) is 3.22. The molecule has 1 aliphatic carbocycles. The van der Waals surface area contributed by atoms with Crippen LogP contribution in [0.2, 0.25) is 0 Å². The van der Waals surface area contributed by atoms with Crippen LogP contribution < -0.4 is 5.73 Å². The predicted molar refractivity (Wildman–Crippen MR) is 86.7 cm³/mol. The molecule has 1 saturated carbocycles. The van der Waals surface area contributed by atoms with E-state index in [0.717, 1.165) is 15.9 Å². The third kappa shape index (κ3) is 3.10. The number of benzene rings is 1. The molecule has 1 aromatic heterocycles. The molecule has 2 N–H and O–H groups in total. The summed E-state index contributed by atoms with van der Waals surface area (Å²) in [4.78, 5) is 0. The number of aromatic nitrogens is 4. The first-order valence-electron chi connectivity index (χ1n) is 7.49. The molecule has 0 aliphatic heterocycles. The number of anilines is 1. The van der Waals surface area contributed by atoms with E-state index in [0.29, 0.717) is 17.6 Å². The summed E-state index contributed by atoms with van der Waals surface area (Å²) in [6.07, 6.45) is 6.52. The van der Waals surface area contributed by atoms with Crippen LogP contribution in [0.15, 0.2) is 22.7 Å². The van der Waals surface area contributed by atoms with E-state index < -0.39 is 0 Å². The molecule has 1 aliphatic rings. The van der Waals surface area contributed by atoms with E-state index in [1.165, 1.54) is 32.1 Å². The number of nitrogen functional groups attached to an aromatic ring is 1. The van der Waals surface area contributed by atoms with Crippen LogP contribution in [0, 0.1) is 5.92 Å². The van der Waals surface area contributed by atoms with Crippen molar-refractivity contribution in [2.24, 2.45) is 5.92 Å². The van der Waals surface area contributed by atoms with Crippen LogP contribution in [0.5, 0.6) is 0 Å². The molecule has 0 spiro atoms. The van der Waals surface area contributed by atoms with Gasteiger partial charge in [-0.15, -0.1) is 5.10 Å². The summed E-state index contributed by atoms with van der Waals surface area (Å²) in [7, 11) is 0. The van der Waals surface area contributed by atoms with Crippen molar-refractivity contribution in [3.8, 4) is 11.4 Å². The van der Waals surface area contributed by atoms with Gasteiger partial charge in [0.25, 0.3) is 0 Å². The lowest BCUT2D eigenvalue weighted by atomic mass is 9.84. The van der Waals surface area contributed by atoms with Gasteiger partial charge in [0.2, 0.25) is 0 Å². The number of rotatable bonds is 3. The zero-order chi connectivity index (χ0) is 14.8. The van der Waals surface area contributed by atoms with E-state index in [4.69, 9.17) is 5.73 Å². The summed E-state index contributed by atoms with van der Waals surface area (Å²) in [6.45, 7) is 2.22. The van der Waals surface area contributed by atoms with Crippen molar-refractivity contribution in [1.29, 1.82) is 0 Å². The maximum absolute atomic E-state index is 5.93. The molecule has 21 heavy (non-hydrogen) atoms. The topological polar surface area (TPSA) is 69.6 Å². The van der Waals surface area contributed by atoms with Crippen molar-refractivity contribution in [3.63, 3.8) is 0 Å². The number of tetrazole rings is 1. The van der Waals surface area contributed by atoms with E-state index in [2.05, 4.69) is 38.4 Å². The van der Waals surface area contributed by atoms with E-state index in [1.54, 1.807) is 0 Å².